The van der Waals surface area contributed by atoms with Crippen LogP contribution in [0, 0.1) is 5.92 Å². The van der Waals surface area contributed by atoms with Crippen molar-refractivity contribution in [2.24, 2.45) is 5.92 Å². The fourth-order valence-electron chi connectivity index (χ4n) is 4.22. The van der Waals surface area contributed by atoms with E-state index in [0.29, 0.717) is 18.4 Å². The third kappa shape index (κ3) is 18.5. The molecule has 0 aliphatic carbocycles. The van der Waals surface area contributed by atoms with Crippen LogP contribution in [0.1, 0.15) is 101 Å². The minimum Gasteiger partial charge on any atom is -0.444 e. The van der Waals surface area contributed by atoms with Gasteiger partial charge in [0, 0.05) is 25.2 Å². The van der Waals surface area contributed by atoms with Crippen LogP contribution in [-0.4, -0.2) is 81.9 Å². The van der Waals surface area contributed by atoms with Gasteiger partial charge in [0.05, 0.1) is 6.10 Å². The smallest absolute Gasteiger partial charge is 0.410 e. The zero-order chi connectivity index (χ0) is 30.1. The van der Waals surface area contributed by atoms with Crippen LogP contribution in [0.5, 0.6) is 0 Å². The first-order valence-corrected chi connectivity index (χ1v) is 13.1. The van der Waals surface area contributed by atoms with E-state index in [4.69, 9.17) is 28.7 Å². The number of aliphatic hydroxyl groups excluding tert-OH is 1. The maximum atomic E-state index is 12.0. The van der Waals surface area contributed by atoms with Gasteiger partial charge in [-0.3, -0.25) is 0 Å². The molecule has 0 bridgehead atoms. The predicted molar refractivity (Wildman–Crippen MR) is 138 cm³/mol. The van der Waals surface area contributed by atoms with E-state index < -0.39 is 5.60 Å². The monoisotopic (exact) mass is 544 g/mol. The van der Waals surface area contributed by atoms with Crippen molar-refractivity contribution < 1.29 is 43.3 Å². The molecular weight excluding hydrogens is 496 g/mol. The van der Waals surface area contributed by atoms with Crippen molar-refractivity contribution in [2.75, 3.05) is 13.1 Å². The molecule has 0 aromatic carbocycles. The van der Waals surface area contributed by atoms with Gasteiger partial charge in [0.1, 0.15) is 11.2 Å². The molecule has 2 rings (SSSR count). The van der Waals surface area contributed by atoms with Crippen LogP contribution in [-0.2, 0) is 28.7 Å². The molecular formula is C27H48N2O9. The maximum absolute atomic E-state index is 12.0. The molecule has 0 aromatic heterocycles. The quantitative estimate of drug-likeness (QED) is 0.543. The molecule has 11 heteroatoms. The number of hydrogen-bond acceptors (Lipinski definition) is 9. The summed E-state index contributed by atoms with van der Waals surface area (Å²) in [6.07, 6.45) is 5.65. The third-order valence-electron chi connectivity index (χ3n) is 5.37. The number of nitrogens with zero attached hydrogens (tertiary/aromatic N) is 2. The molecule has 38 heavy (non-hydrogen) atoms. The van der Waals surface area contributed by atoms with Gasteiger partial charge in [-0.15, -0.1) is 0 Å². The summed E-state index contributed by atoms with van der Waals surface area (Å²) in [5.74, 6) is 0.632. The molecule has 0 radical (unpaired) electrons. The molecule has 3 atom stereocenters. The fourth-order valence-corrected chi connectivity index (χ4v) is 4.22. The Kier molecular flexibility index (Phi) is 18.2. The number of ether oxygens (including phenoxy) is 2. The summed E-state index contributed by atoms with van der Waals surface area (Å²) in [5, 5.41) is 9.37. The second-order valence-electron chi connectivity index (χ2n) is 11.8. The Morgan fingerprint density at radius 3 is 1.34 bits per heavy atom. The lowest BCUT2D eigenvalue weighted by Gasteiger charge is -2.29. The standard InChI is InChI=1S/C13H25NO2.C12H23NO3.2CO2/c1-10(2)9-11-7-6-8-14(11)12(15)16-13(3,4)5;1-9(14)8-10-6-5-7-13(10)11(15)16-12(2,3)4;2*2-1-3/h10-11H,6-9H2,1-5H3;9-10,14H,5-8H2,1-4H3;;/t11-;9?,10-;;/m00../s1. The highest BCUT2D eigenvalue weighted by molar-refractivity contribution is 5.69. The topological polar surface area (TPSA) is 148 Å². The Morgan fingerprint density at radius 2 is 1.08 bits per heavy atom. The van der Waals surface area contributed by atoms with Crippen molar-refractivity contribution in [1.29, 1.82) is 0 Å². The Morgan fingerprint density at radius 1 is 0.763 bits per heavy atom. The van der Waals surface area contributed by atoms with E-state index in [9.17, 15) is 14.7 Å². The molecule has 0 aromatic rings. The summed E-state index contributed by atoms with van der Waals surface area (Å²) in [4.78, 5) is 60.0. The Bertz CT molecular complexity index is 693. The van der Waals surface area contributed by atoms with E-state index in [-0.39, 0.29) is 42.2 Å². The summed E-state index contributed by atoms with van der Waals surface area (Å²) < 4.78 is 10.8. The van der Waals surface area contributed by atoms with Gasteiger partial charge < -0.3 is 24.4 Å². The number of aliphatic hydroxyl groups is 1. The first-order valence-electron chi connectivity index (χ1n) is 13.1. The lowest BCUT2D eigenvalue weighted by atomic mass is 10.0. The lowest BCUT2D eigenvalue weighted by Crippen LogP contribution is -2.40. The Labute approximate surface area is 227 Å². The summed E-state index contributed by atoms with van der Waals surface area (Å²) in [5.41, 5.74) is -0.836. The molecule has 1 unspecified atom stereocenters. The largest absolute Gasteiger partial charge is 0.444 e. The number of carbonyl (C=O) groups excluding carboxylic acids is 6. The average Bonchev–Trinajstić information content (AvgIpc) is 3.35. The lowest BCUT2D eigenvalue weighted by molar-refractivity contribution is -0.193. The number of hydrogen-bond donors (Lipinski definition) is 1. The number of likely N-dealkylation sites (tertiary alicyclic amines) is 2. The van der Waals surface area contributed by atoms with E-state index in [1.165, 1.54) is 0 Å². The highest BCUT2D eigenvalue weighted by atomic mass is 16.6. The molecule has 2 amide bonds. The highest BCUT2D eigenvalue weighted by Crippen LogP contribution is 2.26. The molecule has 2 aliphatic heterocycles. The second kappa shape index (κ2) is 18.5. The van der Waals surface area contributed by atoms with Crippen molar-refractivity contribution in [3.63, 3.8) is 0 Å². The van der Waals surface area contributed by atoms with Crippen LogP contribution < -0.4 is 0 Å². The van der Waals surface area contributed by atoms with Crippen molar-refractivity contribution >= 4 is 24.5 Å². The van der Waals surface area contributed by atoms with Crippen molar-refractivity contribution in [1.82, 2.24) is 9.80 Å². The fraction of sp³-hybridized carbons (Fsp3) is 0.852. The van der Waals surface area contributed by atoms with Crippen LogP contribution >= 0.6 is 0 Å². The highest BCUT2D eigenvalue weighted by Gasteiger charge is 2.33. The normalized spacial score (nSPS) is 19.3. The van der Waals surface area contributed by atoms with Gasteiger partial charge in [0.2, 0.25) is 0 Å². The molecule has 2 saturated heterocycles. The van der Waals surface area contributed by atoms with Crippen LogP contribution in [0.2, 0.25) is 0 Å². The SMILES string of the molecule is CC(C)C[C@@H]1CCCN1C(=O)OC(C)(C)C.CC(O)C[C@@H]1CCCN1C(=O)OC(C)(C)C.O=C=O.O=C=O. The molecule has 1 N–H and O–H groups in total. The molecule has 2 fully saturated rings. The zero-order valence-corrected chi connectivity index (χ0v) is 24.6. The molecule has 11 nitrogen and oxygen atoms in total. The number of rotatable bonds is 4. The summed E-state index contributed by atoms with van der Waals surface area (Å²) in [7, 11) is 0. The third-order valence-corrected chi connectivity index (χ3v) is 5.37. The van der Waals surface area contributed by atoms with E-state index in [2.05, 4.69) is 13.8 Å². The van der Waals surface area contributed by atoms with Crippen LogP contribution in [0.15, 0.2) is 0 Å². The molecule has 0 saturated carbocycles. The van der Waals surface area contributed by atoms with E-state index in [0.717, 1.165) is 45.2 Å². The molecule has 2 heterocycles. The first kappa shape index (κ1) is 37.4. The van der Waals surface area contributed by atoms with Gasteiger partial charge in [-0.2, -0.15) is 19.2 Å². The Hall–Kier alpha value is -2.74. The van der Waals surface area contributed by atoms with Crippen molar-refractivity contribution in [2.45, 2.75) is 130 Å². The van der Waals surface area contributed by atoms with E-state index in [1.54, 1.807) is 11.8 Å². The van der Waals surface area contributed by atoms with Gasteiger partial charge in [-0.25, -0.2) is 9.59 Å². The summed E-state index contributed by atoms with van der Waals surface area (Å²) in [6, 6.07) is 0.518. The van der Waals surface area contributed by atoms with Crippen LogP contribution in [0.25, 0.3) is 0 Å². The zero-order valence-electron chi connectivity index (χ0n) is 24.6. The van der Waals surface area contributed by atoms with Crippen molar-refractivity contribution in [3.05, 3.63) is 0 Å². The number of amides is 2. The predicted octanol–water partition coefficient (Wildman–Crippen LogP) is 4.42. The van der Waals surface area contributed by atoms with Crippen LogP contribution in [0.4, 0.5) is 9.59 Å². The van der Waals surface area contributed by atoms with Gasteiger partial charge >= 0.3 is 24.5 Å². The van der Waals surface area contributed by atoms with Gasteiger partial charge in [-0.05, 0) is 92.9 Å². The maximum Gasteiger partial charge on any atom is 0.410 e. The minimum absolute atomic E-state index is 0.134. The molecule has 0 spiro atoms. The minimum atomic E-state index is -0.449. The Balaban J connectivity index is 0. The van der Waals surface area contributed by atoms with Gasteiger partial charge in [0.15, 0.2) is 0 Å². The van der Waals surface area contributed by atoms with Gasteiger partial charge in [0.25, 0.3) is 0 Å². The average molecular weight is 545 g/mol. The van der Waals surface area contributed by atoms with Crippen molar-refractivity contribution in [3.8, 4) is 0 Å². The van der Waals surface area contributed by atoms with E-state index >= 15 is 0 Å². The summed E-state index contributed by atoms with van der Waals surface area (Å²) in [6.45, 7) is 19.1. The molecule has 2 aliphatic rings. The molecule has 220 valence electrons. The number of carbonyl (C=O) groups is 2. The van der Waals surface area contributed by atoms with Gasteiger partial charge in [-0.1, -0.05) is 13.8 Å². The van der Waals surface area contributed by atoms with E-state index in [1.807, 2.05) is 46.4 Å². The first-order chi connectivity index (χ1) is 17.4. The van der Waals surface area contributed by atoms with Crippen LogP contribution in [0.3, 0.4) is 0 Å². The summed E-state index contributed by atoms with van der Waals surface area (Å²) >= 11 is 0. The second-order valence-corrected chi connectivity index (χ2v) is 11.8.